The highest BCUT2D eigenvalue weighted by Gasteiger charge is 2.20. The lowest BCUT2D eigenvalue weighted by molar-refractivity contribution is -0.397. The van der Waals surface area contributed by atoms with E-state index >= 15 is 0 Å². The molecule has 1 amide bonds. The normalized spacial score (nSPS) is 12.5. The Bertz CT molecular complexity index is 325. The first-order valence-corrected chi connectivity index (χ1v) is 8.42. The molecule has 2 atom stereocenters. The number of Topliss-reactive ketones (excluding diaryl/α,β-unsaturated/α-hetero) is 1. The maximum Gasteiger partial charge on any atom is 0.223 e. The molecule has 0 aromatic carbocycles. The molecule has 5 N–H and O–H groups in total. The number of nitrogens with one attached hydrogen (secondary N) is 2. The quantitative estimate of drug-likeness (QED) is 0.289. The van der Waals surface area contributed by atoms with Gasteiger partial charge in [0.2, 0.25) is 5.91 Å². The van der Waals surface area contributed by atoms with Crippen LogP contribution in [-0.2, 0) is 19.1 Å². The van der Waals surface area contributed by atoms with Crippen molar-refractivity contribution >= 4 is 11.7 Å². The number of ketones is 1. The summed E-state index contributed by atoms with van der Waals surface area (Å²) in [5, 5.41) is 5.88. The number of hydrogen-bond donors (Lipinski definition) is 3. The smallest absolute Gasteiger partial charge is 0.223 e. The van der Waals surface area contributed by atoms with Crippen molar-refractivity contribution < 1.29 is 24.8 Å². The van der Waals surface area contributed by atoms with E-state index < -0.39 is 0 Å². The number of amides is 1. The average Bonchev–Trinajstić information content (AvgIpc) is 2.52. The first-order valence-electron chi connectivity index (χ1n) is 8.42. The van der Waals surface area contributed by atoms with Crippen LogP contribution in [0.3, 0.4) is 0 Å². The zero-order valence-corrected chi connectivity index (χ0v) is 15.9. The van der Waals surface area contributed by atoms with Crippen LogP contribution in [0, 0.1) is 13.3 Å². The summed E-state index contributed by atoms with van der Waals surface area (Å²) in [7, 11) is 1.92. The molecule has 0 aromatic heterocycles. The van der Waals surface area contributed by atoms with Crippen LogP contribution >= 0.6 is 0 Å². The van der Waals surface area contributed by atoms with E-state index in [9.17, 15) is 9.59 Å². The summed E-state index contributed by atoms with van der Waals surface area (Å²) < 4.78 is 10.8. The second kappa shape index (κ2) is 19.3. The molecule has 0 saturated heterocycles. The highest BCUT2D eigenvalue weighted by molar-refractivity contribution is 5.88. The number of carbonyl (C=O) groups excluding carboxylic acids is 2. The minimum absolute atomic E-state index is 0. The van der Waals surface area contributed by atoms with Crippen LogP contribution in [0.2, 0.25) is 0 Å². The van der Waals surface area contributed by atoms with Gasteiger partial charge in [-0.25, -0.2) is 0 Å². The fourth-order valence-corrected chi connectivity index (χ4v) is 1.83. The van der Waals surface area contributed by atoms with Gasteiger partial charge < -0.3 is 33.3 Å². The van der Waals surface area contributed by atoms with Crippen LogP contribution in [0.15, 0.2) is 0 Å². The topological polar surface area (TPSA) is 104 Å². The molecule has 7 nitrogen and oxygen atoms in total. The largest absolute Gasteiger partial charge is 0.379 e. The van der Waals surface area contributed by atoms with Gasteiger partial charge in [0.05, 0.1) is 13.2 Å². The van der Waals surface area contributed by atoms with Crippen LogP contribution in [-0.4, -0.2) is 64.3 Å². The third kappa shape index (κ3) is 17.6. The second-order valence-electron chi connectivity index (χ2n) is 5.80. The monoisotopic (exact) mass is 363 g/mol. The van der Waals surface area contributed by atoms with E-state index in [1.165, 1.54) is 0 Å². The summed E-state index contributed by atoms with van der Waals surface area (Å²) in [6, 6.07) is -0.265. The lowest BCUT2D eigenvalue weighted by Gasteiger charge is -2.12. The van der Waals surface area contributed by atoms with E-state index in [4.69, 9.17) is 9.47 Å². The third-order valence-corrected chi connectivity index (χ3v) is 3.36. The van der Waals surface area contributed by atoms with Gasteiger partial charge in [0.15, 0.2) is 5.78 Å². The van der Waals surface area contributed by atoms with Gasteiger partial charge in [0.25, 0.3) is 0 Å². The molecule has 0 aliphatic rings. The molecule has 25 heavy (non-hydrogen) atoms. The predicted octanol–water partition coefficient (Wildman–Crippen LogP) is 0.447. The van der Waals surface area contributed by atoms with E-state index in [2.05, 4.69) is 16.4 Å². The summed E-state index contributed by atoms with van der Waals surface area (Å²) in [6.45, 7) is 7.51. The van der Waals surface area contributed by atoms with E-state index in [-0.39, 0.29) is 44.9 Å². The number of rotatable bonds is 15. The summed E-state index contributed by atoms with van der Waals surface area (Å²) in [4.78, 5) is 23.4. The molecule has 0 heterocycles. The minimum atomic E-state index is -0.307. The van der Waals surface area contributed by atoms with Crippen molar-refractivity contribution in [3.63, 3.8) is 0 Å². The van der Waals surface area contributed by atoms with Gasteiger partial charge >= 0.3 is 0 Å². The van der Waals surface area contributed by atoms with Gasteiger partial charge in [-0.3, -0.25) is 9.59 Å². The predicted molar refractivity (Wildman–Crippen MR) is 102 cm³/mol. The Morgan fingerprint density at radius 2 is 1.52 bits per heavy atom. The first-order chi connectivity index (χ1) is 11.0. The maximum absolute atomic E-state index is 11.8. The van der Waals surface area contributed by atoms with Crippen LogP contribution < -0.4 is 16.4 Å². The molecule has 2 unspecified atom stereocenters. The average molecular weight is 364 g/mol. The highest BCUT2D eigenvalue weighted by Crippen LogP contribution is 2.03. The molecule has 0 fully saturated rings. The zero-order chi connectivity index (χ0) is 17.5. The Morgan fingerprint density at radius 3 is 2.00 bits per heavy atom. The van der Waals surface area contributed by atoms with Gasteiger partial charge in [-0.15, -0.1) is 0 Å². The highest BCUT2D eigenvalue weighted by atomic mass is 16.5. The van der Waals surface area contributed by atoms with E-state index in [1.54, 1.807) is 13.8 Å². The Labute approximate surface area is 154 Å². The molecule has 0 radical (unpaired) electrons. The molecule has 0 aliphatic carbocycles. The number of ether oxygens (including phenoxy) is 2. The van der Waals surface area contributed by atoms with Crippen molar-refractivity contribution in [2.45, 2.75) is 46.6 Å². The Balaban J connectivity index is -0.00000242. The lowest BCUT2D eigenvalue weighted by Crippen LogP contribution is -2.63. The van der Waals surface area contributed by atoms with Crippen molar-refractivity contribution in [3.8, 4) is 0 Å². The number of quaternary nitrogens is 1. The Kier molecular flexibility index (Phi) is 22.2. The SMILES string of the molecule is C.CNCCCOCCOCCCNC(=O)C(C)CC(=O)C(C)[NH3+].[CH3-]. The van der Waals surface area contributed by atoms with Gasteiger partial charge in [0, 0.05) is 32.1 Å². The molecule has 0 saturated carbocycles. The van der Waals surface area contributed by atoms with Crippen LogP contribution in [0.25, 0.3) is 0 Å². The standard InChI is InChI=1S/C16H33N3O4.CH4.CH3/c1-13(12-15(20)14(2)17)16(21)19-7-5-9-23-11-10-22-8-4-6-18-3;;/h13-14,18H,4-12,17H2,1-3H3,(H,19,21);1H4;1H3/q;;-1/p+1. The van der Waals surface area contributed by atoms with Crippen LogP contribution in [0.4, 0.5) is 0 Å². The van der Waals surface area contributed by atoms with Gasteiger partial charge in [0.1, 0.15) is 6.04 Å². The van der Waals surface area contributed by atoms with Crippen molar-refractivity contribution in [1.82, 2.24) is 10.6 Å². The third-order valence-electron chi connectivity index (χ3n) is 3.36. The van der Waals surface area contributed by atoms with E-state index in [1.807, 2.05) is 7.05 Å². The van der Waals surface area contributed by atoms with Crippen molar-refractivity contribution in [1.29, 1.82) is 0 Å². The molecule has 0 bridgehead atoms. The lowest BCUT2D eigenvalue weighted by atomic mass is 10.0. The van der Waals surface area contributed by atoms with Crippen molar-refractivity contribution in [2.24, 2.45) is 5.92 Å². The summed E-state index contributed by atoms with van der Waals surface area (Å²) in [5.74, 6) is -0.379. The second-order valence-corrected chi connectivity index (χ2v) is 5.80. The van der Waals surface area contributed by atoms with Crippen molar-refractivity contribution in [3.05, 3.63) is 7.43 Å². The van der Waals surface area contributed by atoms with Gasteiger partial charge in [-0.05, 0) is 33.4 Å². The van der Waals surface area contributed by atoms with Gasteiger partial charge in [-0.2, -0.15) is 0 Å². The summed E-state index contributed by atoms with van der Waals surface area (Å²) in [6.07, 6.45) is 1.99. The molecule has 0 spiro atoms. The number of hydrogen-bond acceptors (Lipinski definition) is 5. The first kappa shape index (κ1) is 28.8. The van der Waals surface area contributed by atoms with Crippen molar-refractivity contribution in [2.75, 3.05) is 46.6 Å². The molecular weight excluding hydrogens is 322 g/mol. The Hall–Kier alpha value is -1.02. The van der Waals surface area contributed by atoms with Crippen LogP contribution in [0.5, 0.6) is 0 Å². The summed E-state index contributed by atoms with van der Waals surface area (Å²) >= 11 is 0. The molecule has 152 valence electrons. The summed E-state index contributed by atoms with van der Waals surface area (Å²) in [5.41, 5.74) is 3.67. The molecule has 0 aromatic rings. The zero-order valence-electron chi connectivity index (χ0n) is 15.9. The molecular formula is C18H41N3O4. The number of carbonyl (C=O) groups is 2. The molecule has 7 heteroatoms. The molecule has 0 aliphatic heterocycles. The van der Waals surface area contributed by atoms with E-state index in [0.717, 1.165) is 26.0 Å². The van der Waals surface area contributed by atoms with E-state index in [0.29, 0.717) is 26.4 Å². The molecule has 0 rings (SSSR count). The minimum Gasteiger partial charge on any atom is -0.379 e. The fraction of sp³-hybridized carbons (Fsp3) is 0.833. The fourth-order valence-electron chi connectivity index (χ4n) is 1.83. The van der Waals surface area contributed by atoms with Crippen LogP contribution in [0.1, 0.15) is 40.5 Å². The Morgan fingerprint density at radius 1 is 1.00 bits per heavy atom. The maximum atomic E-state index is 11.8. The van der Waals surface area contributed by atoms with Gasteiger partial charge in [-0.1, -0.05) is 14.4 Å².